The van der Waals surface area contributed by atoms with E-state index in [1.54, 1.807) is 23.0 Å². The van der Waals surface area contributed by atoms with Gasteiger partial charge in [0.1, 0.15) is 5.82 Å². The average molecular weight is 274 g/mol. The van der Waals surface area contributed by atoms with Crippen LogP contribution in [0.15, 0.2) is 24.4 Å². The Labute approximate surface area is 117 Å². The number of hydrogen-bond donors (Lipinski definition) is 3. The lowest BCUT2D eigenvalue weighted by Crippen LogP contribution is -2.24. The number of nitrogens with two attached hydrogens (primary N) is 1. The fraction of sp³-hybridized carbons (Fsp3) is 0.308. The highest BCUT2D eigenvalue weighted by Gasteiger charge is 2.10. The van der Waals surface area contributed by atoms with Crippen molar-refractivity contribution in [1.29, 1.82) is 0 Å². The lowest BCUT2D eigenvalue weighted by Gasteiger charge is -2.08. The van der Waals surface area contributed by atoms with Gasteiger partial charge in [-0.2, -0.15) is 5.10 Å². The van der Waals surface area contributed by atoms with Crippen molar-refractivity contribution in [2.75, 3.05) is 5.43 Å². The van der Waals surface area contributed by atoms with Crippen molar-refractivity contribution in [3.63, 3.8) is 0 Å². The quantitative estimate of drug-likeness (QED) is 0.547. The highest BCUT2D eigenvalue weighted by molar-refractivity contribution is 5.94. The van der Waals surface area contributed by atoms with Gasteiger partial charge in [-0.3, -0.25) is 9.48 Å². The van der Waals surface area contributed by atoms with E-state index in [4.69, 9.17) is 5.84 Å². The molecule has 0 fully saturated rings. The molecule has 4 N–H and O–H groups in total. The van der Waals surface area contributed by atoms with Gasteiger partial charge in [-0.1, -0.05) is 6.92 Å². The molecule has 0 aliphatic heterocycles. The third kappa shape index (κ3) is 3.12. The maximum absolute atomic E-state index is 12.2. The Bertz CT molecular complexity index is 584. The van der Waals surface area contributed by atoms with Gasteiger partial charge >= 0.3 is 0 Å². The summed E-state index contributed by atoms with van der Waals surface area (Å²) >= 11 is 0. The standard InChI is InChI=1S/C13H18N6O/c1-3-10-6-9(7-12(17-10)18-14)13(20)15-8-11-4-5-16-19(11)2/h4-7H,3,8,14H2,1-2H3,(H,15,20)(H,17,18). The summed E-state index contributed by atoms with van der Waals surface area (Å²) in [7, 11) is 1.83. The second kappa shape index (κ2) is 6.16. The summed E-state index contributed by atoms with van der Waals surface area (Å²) in [5.74, 6) is 5.67. The molecule has 0 aliphatic carbocycles. The maximum atomic E-state index is 12.2. The third-order valence-corrected chi connectivity index (χ3v) is 3.00. The SMILES string of the molecule is CCc1cc(C(=O)NCc2ccnn2C)cc(NN)n1. The Kier molecular flexibility index (Phi) is 4.31. The number of nitrogens with one attached hydrogen (secondary N) is 2. The van der Waals surface area contributed by atoms with E-state index in [2.05, 4.69) is 20.8 Å². The minimum Gasteiger partial charge on any atom is -0.346 e. The van der Waals surface area contributed by atoms with Crippen LogP contribution in [0.5, 0.6) is 0 Å². The number of hydrazine groups is 1. The van der Waals surface area contributed by atoms with E-state index in [1.165, 1.54) is 0 Å². The van der Waals surface area contributed by atoms with Crippen molar-refractivity contribution in [3.8, 4) is 0 Å². The van der Waals surface area contributed by atoms with Gasteiger partial charge in [-0.25, -0.2) is 10.8 Å². The van der Waals surface area contributed by atoms with Gasteiger partial charge in [0.15, 0.2) is 0 Å². The van der Waals surface area contributed by atoms with E-state index in [-0.39, 0.29) is 5.91 Å². The van der Waals surface area contributed by atoms with E-state index in [1.807, 2.05) is 20.0 Å². The zero-order chi connectivity index (χ0) is 14.5. The molecule has 0 aliphatic rings. The molecule has 0 atom stereocenters. The number of amides is 1. The number of nitrogen functional groups attached to an aromatic ring is 1. The van der Waals surface area contributed by atoms with E-state index in [9.17, 15) is 4.79 Å². The van der Waals surface area contributed by atoms with Crippen LogP contribution in [0.1, 0.15) is 28.7 Å². The highest BCUT2D eigenvalue weighted by atomic mass is 16.1. The first-order valence-corrected chi connectivity index (χ1v) is 6.36. The van der Waals surface area contributed by atoms with Crippen molar-refractivity contribution >= 4 is 11.7 Å². The summed E-state index contributed by atoms with van der Waals surface area (Å²) in [4.78, 5) is 16.4. The Hall–Kier alpha value is -2.41. The molecule has 0 spiro atoms. The molecule has 20 heavy (non-hydrogen) atoms. The molecular formula is C13H18N6O. The normalized spacial score (nSPS) is 10.3. The topological polar surface area (TPSA) is 97.9 Å². The molecule has 0 saturated carbocycles. The largest absolute Gasteiger partial charge is 0.346 e. The van der Waals surface area contributed by atoms with Crippen LogP contribution in [-0.2, 0) is 20.0 Å². The summed E-state index contributed by atoms with van der Waals surface area (Å²) in [5.41, 5.74) is 4.75. The maximum Gasteiger partial charge on any atom is 0.251 e. The van der Waals surface area contributed by atoms with Gasteiger partial charge in [0, 0.05) is 24.5 Å². The van der Waals surface area contributed by atoms with Crippen LogP contribution in [0.3, 0.4) is 0 Å². The third-order valence-electron chi connectivity index (χ3n) is 3.00. The molecule has 2 aromatic rings. The van der Waals surface area contributed by atoms with Gasteiger partial charge < -0.3 is 10.7 Å². The number of carbonyl (C=O) groups excluding carboxylic acids is 1. The minimum absolute atomic E-state index is 0.167. The second-order valence-electron chi connectivity index (χ2n) is 4.36. The average Bonchev–Trinajstić information content (AvgIpc) is 2.89. The molecule has 0 aromatic carbocycles. The van der Waals surface area contributed by atoms with E-state index < -0.39 is 0 Å². The summed E-state index contributed by atoms with van der Waals surface area (Å²) in [5, 5.41) is 6.90. The Morgan fingerprint density at radius 3 is 2.85 bits per heavy atom. The zero-order valence-corrected chi connectivity index (χ0v) is 11.6. The van der Waals surface area contributed by atoms with Crippen LogP contribution in [0.4, 0.5) is 5.82 Å². The molecule has 0 saturated heterocycles. The zero-order valence-electron chi connectivity index (χ0n) is 11.6. The monoisotopic (exact) mass is 274 g/mol. The predicted octanol–water partition coefficient (Wildman–Crippen LogP) is 0.593. The summed E-state index contributed by atoms with van der Waals surface area (Å²) in [6.45, 7) is 2.39. The number of pyridine rings is 1. The van der Waals surface area contributed by atoms with Crippen LogP contribution in [0, 0.1) is 0 Å². The number of anilines is 1. The number of aromatic nitrogens is 3. The van der Waals surface area contributed by atoms with Crippen LogP contribution < -0.4 is 16.6 Å². The minimum atomic E-state index is -0.167. The molecule has 0 radical (unpaired) electrons. The smallest absolute Gasteiger partial charge is 0.251 e. The molecule has 7 nitrogen and oxygen atoms in total. The predicted molar refractivity (Wildman–Crippen MR) is 75.8 cm³/mol. The van der Waals surface area contributed by atoms with E-state index in [0.29, 0.717) is 17.9 Å². The molecule has 106 valence electrons. The lowest BCUT2D eigenvalue weighted by molar-refractivity contribution is 0.0950. The summed E-state index contributed by atoms with van der Waals surface area (Å²) < 4.78 is 1.72. The van der Waals surface area contributed by atoms with Gasteiger partial charge in [-0.05, 0) is 24.6 Å². The Balaban J connectivity index is 2.10. The highest BCUT2D eigenvalue weighted by Crippen LogP contribution is 2.10. The van der Waals surface area contributed by atoms with Gasteiger partial charge in [0.25, 0.3) is 5.91 Å². The van der Waals surface area contributed by atoms with Crippen LogP contribution in [0.25, 0.3) is 0 Å². The molecule has 2 aromatic heterocycles. The van der Waals surface area contributed by atoms with Gasteiger partial charge in [-0.15, -0.1) is 0 Å². The number of nitrogens with zero attached hydrogens (tertiary/aromatic N) is 3. The van der Waals surface area contributed by atoms with Crippen molar-refractivity contribution in [1.82, 2.24) is 20.1 Å². The first-order chi connectivity index (χ1) is 9.63. The molecule has 2 heterocycles. The van der Waals surface area contributed by atoms with Gasteiger partial charge in [0.2, 0.25) is 0 Å². The first-order valence-electron chi connectivity index (χ1n) is 6.36. The lowest BCUT2D eigenvalue weighted by atomic mass is 10.2. The van der Waals surface area contributed by atoms with Crippen molar-refractivity contribution < 1.29 is 4.79 Å². The van der Waals surface area contributed by atoms with Crippen LogP contribution in [-0.4, -0.2) is 20.7 Å². The second-order valence-corrected chi connectivity index (χ2v) is 4.36. The molecule has 0 unspecified atom stereocenters. The molecule has 2 rings (SSSR count). The molecule has 0 bridgehead atoms. The fourth-order valence-corrected chi connectivity index (χ4v) is 1.82. The molecule has 7 heteroatoms. The Morgan fingerprint density at radius 2 is 2.25 bits per heavy atom. The summed E-state index contributed by atoms with van der Waals surface area (Å²) in [6.07, 6.45) is 2.43. The van der Waals surface area contributed by atoms with Crippen molar-refractivity contribution in [3.05, 3.63) is 41.3 Å². The Morgan fingerprint density at radius 1 is 1.45 bits per heavy atom. The van der Waals surface area contributed by atoms with E-state index in [0.717, 1.165) is 17.8 Å². The van der Waals surface area contributed by atoms with Crippen LogP contribution in [0.2, 0.25) is 0 Å². The van der Waals surface area contributed by atoms with E-state index >= 15 is 0 Å². The molecule has 1 amide bonds. The number of rotatable bonds is 5. The first kappa shape index (κ1) is 14.0. The van der Waals surface area contributed by atoms with Crippen molar-refractivity contribution in [2.45, 2.75) is 19.9 Å². The van der Waals surface area contributed by atoms with Crippen molar-refractivity contribution in [2.24, 2.45) is 12.9 Å². The number of aryl methyl sites for hydroxylation is 2. The van der Waals surface area contributed by atoms with Gasteiger partial charge in [0.05, 0.1) is 12.2 Å². The number of hydrogen-bond acceptors (Lipinski definition) is 5. The van der Waals surface area contributed by atoms with Crippen LogP contribution >= 0.6 is 0 Å². The fourth-order valence-electron chi connectivity index (χ4n) is 1.82. The molecular weight excluding hydrogens is 256 g/mol. The summed E-state index contributed by atoms with van der Waals surface area (Å²) in [6, 6.07) is 5.24. The number of carbonyl (C=O) groups is 1.